The average molecular weight is 454 g/mol. The van der Waals surface area contributed by atoms with E-state index in [9.17, 15) is 0 Å². The van der Waals surface area contributed by atoms with Crippen LogP contribution in [0.15, 0.2) is 0 Å². The van der Waals surface area contributed by atoms with E-state index in [1.165, 1.54) is 31.4 Å². The van der Waals surface area contributed by atoms with Crippen LogP contribution in [0, 0.1) is 59.7 Å². The second-order valence-corrected chi connectivity index (χ2v) is 13.7. The fourth-order valence-electron chi connectivity index (χ4n) is 7.90. The summed E-state index contributed by atoms with van der Waals surface area (Å²) in [5.74, 6) is 8.20. The molecule has 1 aliphatic carbocycles. The smallest absolute Gasteiger partial charge is 0.110 e. The Hall–Kier alpha value is 0.530. The van der Waals surface area contributed by atoms with Gasteiger partial charge in [0.2, 0.25) is 0 Å². The molecular weight excluding hydrogens is 404 g/mol. The zero-order chi connectivity index (χ0) is 22.2. The van der Waals surface area contributed by atoms with Gasteiger partial charge in [0.05, 0.1) is 13.0 Å². The second kappa shape index (κ2) is 10.2. The van der Waals surface area contributed by atoms with E-state index in [0.29, 0.717) is 40.0 Å². The molecule has 0 aromatic heterocycles. The molecule has 0 aromatic carbocycles. The third-order valence-electron chi connectivity index (χ3n) is 9.64. The topological polar surface area (TPSA) is 9.23 Å². The van der Waals surface area contributed by atoms with Gasteiger partial charge < -0.3 is 4.74 Å². The molecule has 1 saturated carbocycles. The molecule has 0 spiro atoms. The van der Waals surface area contributed by atoms with Gasteiger partial charge in [-0.2, -0.15) is 11.8 Å². The Morgan fingerprint density at radius 3 is 2.23 bits per heavy atom. The number of rotatable bonds is 4. The van der Waals surface area contributed by atoms with Crippen LogP contribution in [-0.4, -0.2) is 28.3 Å². The van der Waals surface area contributed by atoms with Crippen LogP contribution in [0.4, 0.5) is 0 Å². The first-order valence-electron chi connectivity index (χ1n) is 12.9. The van der Waals surface area contributed by atoms with Crippen molar-refractivity contribution >= 4 is 23.5 Å². The molecule has 4 bridgehead atoms. The number of hydrogen-bond acceptors (Lipinski definition) is 3. The first kappa shape index (κ1) is 25.2. The molecule has 0 aromatic rings. The van der Waals surface area contributed by atoms with E-state index in [1.807, 2.05) is 0 Å². The van der Waals surface area contributed by atoms with Crippen LogP contribution in [0.25, 0.3) is 0 Å². The molecule has 3 heteroatoms. The highest BCUT2D eigenvalue weighted by Gasteiger charge is 2.55. The lowest BCUT2D eigenvalue weighted by Gasteiger charge is -2.58. The zero-order valence-electron chi connectivity index (χ0n) is 21.0. The van der Waals surface area contributed by atoms with E-state index in [0.717, 1.165) is 35.3 Å². The molecular formula is C27H49OS2+. The van der Waals surface area contributed by atoms with Crippen LogP contribution in [0.5, 0.6) is 0 Å². The molecule has 3 heterocycles. The van der Waals surface area contributed by atoms with E-state index in [1.54, 1.807) is 0 Å². The molecule has 3 aliphatic heterocycles. The summed E-state index contributed by atoms with van der Waals surface area (Å²) in [6, 6.07) is 0. The lowest BCUT2D eigenvalue weighted by molar-refractivity contribution is -0.0841. The van der Waals surface area contributed by atoms with Gasteiger partial charge in [0.15, 0.2) is 0 Å². The molecule has 4 fully saturated rings. The highest BCUT2D eigenvalue weighted by atomic mass is 32.2. The Kier molecular flexibility index (Phi) is 8.56. The SMILES string of the molecule is [CH2+]C1C(C)C2OC(CSC(C)C3(CC)CC(C)C(CS2)C(CC)C3C(C)C)C1CC. The molecule has 174 valence electrons. The highest BCUT2D eigenvalue weighted by molar-refractivity contribution is 8.00. The van der Waals surface area contributed by atoms with Gasteiger partial charge in [-0.25, -0.2) is 0 Å². The number of fused-ring (bicyclic) bond motifs is 5. The van der Waals surface area contributed by atoms with Crippen LogP contribution < -0.4 is 0 Å². The molecule has 30 heavy (non-hydrogen) atoms. The Labute approximate surface area is 197 Å². The van der Waals surface area contributed by atoms with Gasteiger partial charge in [-0.3, -0.25) is 0 Å². The van der Waals surface area contributed by atoms with Crippen molar-refractivity contribution in [1.82, 2.24) is 0 Å². The summed E-state index contributed by atoms with van der Waals surface area (Å²) in [4.78, 5) is 0. The standard InChI is InChI=1S/C27H49OS2/c1-10-21-18(7)19(8)26-28-24(21)15-29-20(9)27(12-3)13-17(6)23(14-30-26)22(11-2)25(27)16(4)5/h16-26H,7,10-15H2,1-6,8-9H3/q+1. The maximum Gasteiger partial charge on any atom is 0.110 e. The lowest BCUT2D eigenvalue weighted by atomic mass is 9.50. The van der Waals surface area contributed by atoms with Crippen LogP contribution >= 0.6 is 23.5 Å². The Morgan fingerprint density at radius 1 is 1.00 bits per heavy atom. The van der Waals surface area contributed by atoms with Crippen molar-refractivity contribution in [3.8, 4) is 0 Å². The van der Waals surface area contributed by atoms with Gasteiger partial charge in [-0.05, 0) is 60.0 Å². The van der Waals surface area contributed by atoms with Gasteiger partial charge in [0.25, 0.3) is 0 Å². The summed E-state index contributed by atoms with van der Waals surface area (Å²) >= 11 is 4.38. The molecule has 11 atom stereocenters. The van der Waals surface area contributed by atoms with Crippen molar-refractivity contribution in [2.45, 2.75) is 97.9 Å². The van der Waals surface area contributed by atoms with Crippen molar-refractivity contribution in [3.05, 3.63) is 6.92 Å². The van der Waals surface area contributed by atoms with Gasteiger partial charge in [-0.1, -0.05) is 61.8 Å². The third-order valence-corrected chi connectivity index (χ3v) is 12.6. The summed E-state index contributed by atoms with van der Waals surface area (Å²) in [6.07, 6.45) is 5.65. The molecule has 3 saturated heterocycles. The highest BCUT2D eigenvalue weighted by Crippen LogP contribution is 2.60. The summed E-state index contributed by atoms with van der Waals surface area (Å²) in [5.41, 5.74) is 0.794. The first-order valence-corrected chi connectivity index (χ1v) is 15.0. The van der Waals surface area contributed by atoms with Gasteiger partial charge in [0.1, 0.15) is 11.4 Å². The number of ether oxygens (including phenoxy) is 1. The summed E-state index contributed by atoms with van der Waals surface area (Å²) in [6.45, 7) is 24.5. The Balaban J connectivity index is 2.00. The molecule has 11 unspecified atom stereocenters. The molecule has 0 amide bonds. The largest absolute Gasteiger partial charge is 0.363 e. The summed E-state index contributed by atoms with van der Waals surface area (Å²) < 4.78 is 6.85. The van der Waals surface area contributed by atoms with Crippen molar-refractivity contribution in [1.29, 1.82) is 0 Å². The Bertz CT molecular complexity index is 551. The van der Waals surface area contributed by atoms with E-state index in [-0.39, 0.29) is 0 Å². The molecule has 0 N–H and O–H groups in total. The van der Waals surface area contributed by atoms with E-state index < -0.39 is 0 Å². The van der Waals surface area contributed by atoms with Gasteiger partial charge in [0, 0.05) is 22.8 Å². The molecule has 0 radical (unpaired) electrons. The van der Waals surface area contributed by atoms with E-state index in [2.05, 4.69) is 85.8 Å². The molecule has 4 rings (SSSR count). The van der Waals surface area contributed by atoms with Crippen molar-refractivity contribution in [2.24, 2.45) is 52.8 Å². The number of thioether (sulfide) groups is 2. The first-order chi connectivity index (χ1) is 14.2. The monoisotopic (exact) mass is 453 g/mol. The van der Waals surface area contributed by atoms with Crippen LogP contribution in [-0.2, 0) is 4.74 Å². The van der Waals surface area contributed by atoms with E-state index in [4.69, 9.17) is 4.74 Å². The predicted octanol–water partition coefficient (Wildman–Crippen LogP) is 8.04. The van der Waals surface area contributed by atoms with Gasteiger partial charge >= 0.3 is 0 Å². The quantitative estimate of drug-likeness (QED) is 0.398. The fraction of sp³-hybridized carbons (Fsp3) is 0.963. The van der Waals surface area contributed by atoms with Crippen LogP contribution in [0.3, 0.4) is 0 Å². The van der Waals surface area contributed by atoms with Crippen molar-refractivity contribution in [2.75, 3.05) is 11.5 Å². The van der Waals surface area contributed by atoms with Crippen LogP contribution in [0.1, 0.15) is 81.1 Å². The number of hydrogen-bond donors (Lipinski definition) is 0. The lowest BCUT2D eigenvalue weighted by Crippen LogP contribution is -2.54. The normalized spacial score (nSPS) is 50.2. The maximum absolute atomic E-state index is 6.85. The molecule has 1 nitrogen and oxygen atoms in total. The van der Waals surface area contributed by atoms with Crippen molar-refractivity contribution in [3.63, 3.8) is 0 Å². The molecule has 4 aliphatic rings. The minimum atomic E-state index is 0.329. The Morgan fingerprint density at radius 2 is 1.67 bits per heavy atom. The average Bonchev–Trinajstić information content (AvgIpc) is 2.71. The van der Waals surface area contributed by atoms with Gasteiger partial charge in [-0.15, -0.1) is 11.8 Å². The van der Waals surface area contributed by atoms with Crippen molar-refractivity contribution < 1.29 is 4.74 Å². The van der Waals surface area contributed by atoms with E-state index >= 15 is 0 Å². The zero-order valence-corrected chi connectivity index (χ0v) is 22.7. The summed E-state index contributed by atoms with van der Waals surface area (Å²) in [5, 5.41) is 0.696. The second-order valence-electron chi connectivity index (χ2n) is 11.2. The third kappa shape index (κ3) is 4.35. The minimum absolute atomic E-state index is 0.329. The maximum atomic E-state index is 6.85. The predicted molar refractivity (Wildman–Crippen MR) is 137 cm³/mol. The minimum Gasteiger partial charge on any atom is -0.363 e. The summed E-state index contributed by atoms with van der Waals surface area (Å²) in [7, 11) is 0. The fourth-order valence-corrected chi connectivity index (χ4v) is 11.2. The van der Waals surface area contributed by atoms with Crippen LogP contribution in [0.2, 0.25) is 0 Å².